The van der Waals surface area contributed by atoms with Gasteiger partial charge in [-0.05, 0) is 26.7 Å². The molecule has 0 spiro atoms. The van der Waals surface area contributed by atoms with Gasteiger partial charge in [0.1, 0.15) is 59.5 Å². The molecule has 1 N–H and O–H groups in total. The van der Waals surface area contributed by atoms with Crippen LogP contribution in [0.15, 0.2) is 79.9 Å². The zero-order valence-corrected chi connectivity index (χ0v) is 31.2. The quantitative estimate of drug-likeness (QED) is 0.0111. The first-order valence-electron chi connectivity index (χ1n) is 16.7. The summed E-state index contributed by atoms with van der Waals surface area (Å²) in [4.78, 5) is 93.6. The van der Waals surface area contributed by atoms with Crippen molar-refractivity contribution in [1.29, 1.82) is 0 Å². The second-order valence-corrected chi connectivity index (χ2v) is 11.4. The number of ether oxygens (including phenoxy) is 4. The van der Waals surface area contributed by atoms with Crippen molar-refractivity contribution in [3.8, 4) is 0 Å². The number of carbonyl (C=O) groups excluding carboxylic acids is 4. The molecular weight excluding hydrogens is 716 g/mol. The number of hydrogen-bond donors (Lipinski definition) is 1. The zero-order chi connectivity index (χ0) is 40.5. The van der Waals surface area contributed by atoms with Crippen molar-refractivity contribution in [3.05, 3.63) is 74.9 Å². The number of hydrogen-bond acceptors (Lipinski definition) is 17. The van der Waals surface area contributed by atoms with Gasteiger partial charge in [0.2, 0.25) is 12.0 Å². The van der Waals surface area contributed by atoms with Crippen LogP contribution in [0.2, 0.25) is 0 Å². The van der Waals surface area contributed by atoms with Gasteiger partial charge in [-0.15, -0.1) is 13.2 Å². The maximum atomic E-state index is 12.8. The molecule has 0 bridgehead atoms. The van der Waals surface area contributed by atoms with Crippen molar-refractivity contribution < 1.29 is 77.2 Å². The van der Waals surface area contributed by atoms with E-state index in [0.29, 0.717) is 25.0 Å². The van der Waals surface area contributed by atoms with Crippen molar-refractivity contribution in [2.75, 3.05) is 72.6 Å². The lowest BCUT2D eigenvalue weighted by molar-refractivity contribution is -0.371. The predicted octanol–water partition coefficient (Wildman–Crippen LogP) is 4.10. The molecule has 54 heavy (non-hydrogen) atoms. The molecule has 0 atom stereocenters. The number of aliphatic imine (C=N–C) groups is 1. The average molecular weight is 771 g/mol. The maximum absolute atomic E-state index is 12.8. The van der Waals surface area contributed by atoms with E-state index in [1.54, 1.807) is 6.92 Å². The third-order valence-electron chi connectivity index (χ3n) is 6.13. The van der Waals surface area contributed by atoms with E-state index in [2.05, 4.69) is 49.8 Å². The molecule has 0 aromatic carbocycles. The Morgan fingerprint density at radius 1 is 0.667 bits per heavy atom. The third-order valence-corrected chi connectivity index (χ3v) is 6.13. The van der Waals surface area contributed by atoms with E-state index in [0.717, 1.165) is 31.4 Å². The lowest BCUT2D eigenvalue weighted by Gasteiger charge is -2.31. The molecule has 0 aromatic rings. The number of alkyl carbamates (subject to hydrolysis) is 1. The van der Waals surface area contributed by atoms with Crippen molar-refractivity contribution in [1.82, 2.24) is 5.32 Å². The van der Waals surface area contributed by atoms with Crippen LogP contribution in [0, 0.1) is 0 Å². The van der Waals surface area contributed by atoms with Crippen LogP contribution in [0.1, 0.15) is 39.5 Å². The molecule has 0 aliphatic rings. The SMILES string of the molecule is C=CCOOCC(COOCC=C)(COOCC(=C)C)OC(=O)NCCCCCCN=COOC(COC(=O)C=C)(COC(=O)C=C)COC(=O)C(=C)C. The second kappa shape index (κ2) is 30.7. The molecule has 0 radical (unpaired) electrons. The predicted molar refractivity (Wildman–Crippen MR) is 193 cm³/mol. The lowest BCUT2D eigenvalue weighted by Crippen LogP contribution is -2.50. The Morgan fingerprint density at radius 3 is 1.72 bits per heavy atom. The fraction of sp³-hybridized carbons (Fsp3) is 0.528. The summed E-state index contributed by atoms with van der Waals surface area (Å²) in [5, 5.41) is 2.68. The molecule has 0 unspecified atom stereocenters. The summed E-state index contributed by atoms with van der Waals surface area (Å²) in [6.45, 7) is 22.5. The number of esters is 3. The van der Waals surface area contributed by atoms with E-state index < -0.39 is 55.0 Å². The van der Waals surface area contributed by atoms with E-state index in [1.165, 1.54) is 19.1 Å². The second-order valence-electron chi connectivity index (χ2n) is 11.4. The molecular formula is C36H54N2O16. The van der Waals surface area contributed by atoms with Gasteiger partial charge in [-0.3, -0.25) is 4.99 Å². The Hall–Kier alpha value is -4.69. The normalized spacial score (nSPS) is 11.2. The number of rotatable bonds is 35. The van der Waals surface area contributed by atoms with Crippen LogP contribution in [0.25, 0.3) is 0 Å². The van der Waals surface area contributed by atoms with Crippen LogP contribution in [0.5, 0.6) is 0 Å². The zero-order valence-electron chi connectivity index (χ0n) is 31.2. The summed E-state index contributed by atoms with van der Waals surface area (Å²) in [5.74, 6) is -2.39. The van der Waals surface area contributed by atoms with Crippen LogP contribution in [0.3, 0.4) is 0 Å². The molecule has 304 valence electrons. The number of nitrogens with zero attached hydrogens (tertiary/aromatic N) is 1. The Bertz CT molecular complexity index is 1190. The molecule has 1 amide bonds. The Labute approximate surface area is 316 Å². The molecule has 0 saturated carbocycles. The Kier molecular flexibility index (Phi) is 28.1. The van der Waals surface area contributed by atoms with Crippen LogP contribution in [0.4, 0.5) is 4.79 Å². The van der Waals surface area contributed by atoms with E-state index >= 15 is 0 Å². The monoisotopic (exact) mass is 770 g/mol. The van der Waals surface area contributed by atoms with Gasteiger partial charge in [0.25, 0.3) is 0 Å². The number of unbranched alkanes of at least 4 members (excludes halogenated alkanes) is 3. The van der Waals surface area contributed by atoms with Gasteiger partial charge in [0.15, 0.2) is 5.60 Å². The van der Waals surface area contributed by atoms with Crippen LogP contribution in [-0.4, -0.2) is 114 Å². The Morgan fingerprint density at radius 2 is 1.20 bits per heavy atom. The number of amides is 1. The molecule has 0 fully saturated rings. The maximum Gasteiger partial charge on any atom is 0.407 e. The fourth-order valence-electron chi connectivity index (χ4n) is 3.35. The van der Waals surface area contributed by atoms with E-state index in [9.17, 15) is 19.2 Å². The first kappa shape index (κ1) is 49.3. The largest absolute Gasteiger partial charge is 0.459 e. The van der Waals surface area contributed by atoms with Crippen LogP contribution < -0.4 is 5.32 Å². The average Bonchev–Trinajstić information content (AvgIpc) is 3.15. The van der Waals surface area contributed by atoms with Crippen molar-refractivity contribution in [3.63, 3.8) is 0 Å². The third kappa shape index (κ3) is 25.3. The number of nitrogens with one attached hydrogen (secondary N) is 1. The molecule has 0 saturated heterocycles. The molecule has 0 aliphatic carbocycles. The van der Waals surface area contributed by atoms with Gasteiger partial charge in [-0.2, -0.15) is 4.89 Å². The van der Waals surface area contributed by atoms with E-state index in [4.69, 9.17) is 58.0 Å². The highest BCUT2D eigenvalue weighted by molar-refractivity contribution is 5.87. The minimum absolute atomic E-state index is 0.0781. The van der Waals surface area contributed by atoms with Crippen molar-refractivity contribution >= 4 is 30.4 Å². The van der Waals surface area contributed by atoms with E-state index in [-0.39, 0.29) is 51.8 Å². The lowest BCUT2D eigenvalue weighted by atomic mass is 10.1. The minimum Gasteiger partial charge on any atom is -0.459 e. The molecule has 18 nitrogen and oxygen atoms in total. The minimum atomic E-state index is -1.77. The van der Waals surface area contributed by atoms with Gasteiger partial charge in [0, 0.05) is 30.8 Å². The summed E-state index contributed by atoms with van der Waals surface area (Å²) >= 11 is 0. The smallest absolute Gasteiger partial charge is 0.407 e. The van der Waals surface area contributed by atoms with Gasteiger partial charge in [-0.25, -0.2) is 48.5 Å². The summed E-state index contributed by atoms with van der Waals surface area (Å²) in [5.41, 5.74) is -2.51. The van der Waals surface area contributed by atoms with E-state index in [1.807, 2.05) is 0 Å². The topological polar surface area (TPSA) is 203 Å². The van der Waals surface area contributed by atoms with Gasteiger partial charge in [-0.1, -0.05) is 56.9 Å². The molecule has 0 aliphatic heterocycles. The highest BCUT2D eigenvalue weighted by atomic mass is 17.2. The fourth-order valence-corrected chi connectivity index (χ4v) is 3.35. The molecule has 0 heterocycles. The van der Waals surface area contributed by atoms with Crippen molar-refractivity contribution in [2.24, 2.45) is 4.99 Å². The summed E-state index contributed by atoms with van der Waals surface area (Å²) in [6.07, 6.45) is 7.72. The number of carbonyl (C=O) groups is 4. The molecule has 0 aromatic heterocycles. The van der Waals surface area contributed by atoms with Gasteiger partial charge < -0.3 is 29.2 Å². The Balaban J connectivity index is 5.03. The first-order chi connectivity index (χ1) is 25.9. The molecule has 0 rings (SSSR count). The summed E-state index contributed by atoms with van der Waals surface area (Å²) in [7, 11) is 0. The standard InChI is InChI=1S/C36H54N2O16/c1-9-19-46-49-25-35(26-50-47-20-10-2,27-51-48-21-29(5)6)53-34(42)38-18-16-14-13-15-17-37-28-52-54-36(22-43-31(39)11-3,23-44-32(40)12-4)24-45-33(41)30(7)8/h9-12,28H,1-5,7,13-27H2,6,8H3,(H,38,42). The van der Waals surface area contributed by atoms with Gasteiger partial charge in [0.05, 0.1) is 0 Å². The van der Waals surface area contributed by atoms with Crippen molar-refractivity contribution in [2.45, 2.75) is 50.7 Å². The van der Waals surface area contributed by atoms with Crippen LogP contribution in [-0.2, 0) is 72.4 Å². The van der Waals surface area contributed by atoms with Crippen LogP contribution >= 0.6 is 0 Å². The first-order valence-corrected chi connectivity index (χ1v) is 16.7. The highest BCUT2D eigenvalue weighted by Gasteiger charge is 2.40. The highest BCUT2D eigenvalue weighted by Crippen LogP contribution is 2.18. The summed E-state index contributed by atoms with van der Waals surface area (Å²) < 4.78 is 20.9. The summed E-state index contributed by atoms with van der Waals surface area (Å²) in [6, 6.07) is 0. The molecule has 18 heteroatoms. The van der Waals surface area contributed by atoms with Gasteiger partial charge >= 0.3 is 24.0 Å².